The van der Waals surface area contributed by atoms with E-state index in [4.69, 9.17) is 19.9 Å². The van der Waals surface area contributed by atoms with Crippen molar-refractivity contribution in [2.45, 2.75) is 69.4 Å². The standard InChI is InChI=1S/C27H29NO10.BrH/c1-10-22(30)14(28)7-17(37-10)38-16-9-27(35,11(2)29)8-13-19(16)26(34)21-20(24(13)32)23(31)12-5-4-6-15(36-3)18(12)25(21)33;/h4-6,10,14,16-17,22,30,32,34-35H,7-9,28H2,1-3H3;1H/t10-,14-,16-,17-,22+,27-;/m0./s1. The molecule has 2 aromatic rings. The minimum atomic E-state index is -2.00. The fourth-order valence-electron chi connectivity index (χ4n) is 5.66. The van der Waals surface area contributed by atoms with E-state index in [-0.39, 0.29) is 57.8 Å². The van der Waals surface area contributed by atoms with Crippen molar-refractivity contribution in [3.8, 4) is 17.2 Å². The van der Waals surface area contributed by atoms with E-state index in [9.17, 15) is 34.8 Å². The molecule has 12 heteroatoms. The first-order chi connectivity index (χ1) is 17.9. The number of ether oxygens (including phenoxy) is 3. The first kappa shape index (κ1) is 29.1. The van der Waals surface area contributed by atoms with E-state index in [0.29, 0.717) is 0 Å². The number of aliphatic hydroxyl groups excluding tert-OH is 1. The summed E-state index contributed by atoms with van der Waals surface area (Å²) in [5.74, 6) is -3.18. The second-order valence-electron chi connectivity index (χ2n) is 10.1. The Labute approximate surface area is 234 Å². The maximum Gasteiger partial charge on any atom is 0.202 e. The number of methoxy groups -OCH3 is 1. The third-order valence-corrected chi connectivity index (χ3v) is 7.80. The molecule has 0 saturated carbocycles. The topological polar surface area (TPSA) is 186 Å². The van der Waals surface area contributed by atoms with E-state index < -0.39 is 82.6 Å². The Bertz CT molecular complexity index is 1370. The molecule has 0 bridgehead atoms. The van der Waals surface area contributed by atoms with Gasteiger partial charge >= 0.3 is 0 Å². The van der Waals surface area contributed by atoms with Crippen molar-refractivity contribution in [1.29, 1.82) is 0 Å². The monoisotopic (exact) mass is 607 g/mol. The predicted molar refractivity (Wildman–Crippen MR) is 141 cm³/mol. The highest BCUT2D eigenvalue weighted by atomic mass is 79.9. The molecule has 0 spiro atoms. The van der Waals surface area contributed by atoms with E-state index in [1.807, 2.05) is 0 Å². The number of phenols is 2. The predicted octanol–water partition coefficient (Wildman–Crippen LogP) is 1.61. The Morgan fingerprint density at radius 1 is 1.13 bits per heavy atom. The first-order valence-corrected chi connectivity index (χ1v) is 12.2. The number of fused-ring (bicyclic) bond motifs is 3. The fraction of sp³-hybridized carbons (Fsp3) is 0.444. The maximum atomic E-state index is 13.6. The van der Waals surface area contributed by atoms with Gasteiger partial charge in [-0.3, -0.25) is 14.4 Å². The molecule has 0 radical (unpaired) electrons. The van der Waals surface area contributed by atoms with Gasteiger partial charge in [0.2, 0.25) is 5.78 Å². The third kappa shape index (κ3) is 4.45. The minimum absolute atomic E-state index is 0. The van der Waals surface area contributed by atoms with E-state index in [2.05, 4.69) is 0 Å². The van der Waals surface area contributed by atoms with Crippen molar-refractivity contribution < 1.29 is 49.0 Å². The van der Waals surface area contributed by atoms with Crippen LogP contribution in [0.1, 0.15) is 75.8 Å². The molecule has 0 unspecified atom stereocenters. The van der Waals surface area contributed by atoms with Gasteiger partial charge in [-0.25, -0.2) is 0 Å². The number of rotatable bonds is 4. The molecular weight excluding hydrogens is 578 g/mol. The fourth-order valence-corrected chi connectivity index (χ4v) is 5.66. The summed E-state index contributed by atoms with van der Waals surface area (Å²) in [5.41, 5.74) is 2.97. The number of hydrogen-bond acceptors (Lipinski definition) is 11. The van der Waals surface area contributed by atoms with Crippen molar-refractivity contribution in [2.75, 3.05) is 7.11 Å². The van der Waals surface area contributed by atoms with Crippen molar-refractivity contribution in [1.82, 2.24) is 0 Å². The molecule has 1 saturated heterocycles. The van der Waals surface area contributed by atoms with Gasteiger partial charge in [0.1, 0.15) is 22.8 Å². The lowest BCUT2D eigenvalue weighted by atomic mass is 9.72. The number of Topliss-reactive ketones (excluding diaryl/α,β-unsaturated/α-hetero) is 1. The molecule has 0 aromatic heterocycles. The Morgan fingerprint density at radius 3 is 2.41 bits per heavy atom. The van der Waals surface area contributed by atoms with Crippen LogP contribution in [0.5, 0.6) is 17.2 Å². The molecule has 11 nitrogen and oxygen atoms in total. The van der Waals surface area contributed by atoms with Gasteiger partial charge in [-0.1, -0.05) is 12.1 Å². The number of aliphatic hydroxyl groups is 2. The number of benzene rings is 2. The Balaban J connectivity index is 0.00000353. The summed E-state index contributed by atoms with van der Waals surface area (Å²) in [4.78, 5) is 39.6. The lowest BCUT2D eigenvalue weighted by Gasteiger charge is -2.42. The molecule has 3 aliphatic rings. The zero-order valence-corrected chi connectivity index (χ0v) is 23.2. The molecule has 1 fully saturated rings. The average Bonchev–Trinajstić information content (AvgIpc) is 2.87. The first-order valence-electron chi connectivity index (χ1n) is 12.2. The molecule has 210 valence electrons. The summed E-state index contributed by atoms with van der Waals surface area (Å²) in [6.07, 6.45) is -4.53. The van der Waals surface area contributed by atoms with E-state index in [1.165, 1.54) is 32.2 Å². The zero-order chi connectivity index (χ0) is 27.7. The average molecular weight is 608 g/mol. The van der Waals surface area contributed by atoms with Gasteiger partial charge in [-0.05, 0) is 19.9 Å². The number of ketones is 3. The summed E-state index contributed by atoms with van der Waals surface area (Å²) in [7, 11) is 1.34. The highest BCUT2D eigenvalue weighted by Gasteiger charge is 2.49. The van der Waals surface area contributed by atoms with Gasteiger partial charge in [-0.15, -0.1) is 17.0 Å². The summed E-state index contributed by atoms with van der Waals surface area (Å²) in [6.45, 7) is 2.79. The van der Waals surface area contributed by atoms with Crippen LogP contribution >= 0.6 is 17.0 Å². The quantitative estimate of drug-likeness (QED) is 0.271. The molecular formula is C27H30BrNO10. The molecule has 2 aliphatic carbocycles. The van der Waals surface area contributed by atoms with Crippen molar-refractivity contribution >= 4 is 34.3 Å². The van der Waals surface area contributed by atoms with Crippen molar-refractivity contribution in [3.05, 3.63) is 51.6 Å². The Morgan fingerprint density at radius 2 is 1.79 bits per heavy atom. The number of aromatic hydroxyl groups is 2. The van der Waals surface area contributed by atoms with Gasteiger partial charge in [0.25, 0.3) is 0 Å². The van der Waals surface area contributed by atoms with Crippen LogP contribution in [-0.2, 0) is 20.7 Å². The molecule has 5 rings (SSSR count). The number of phenolic OH excluding ortho intramolecular Hbond substituents is 2. The number of carbonyl (C=O) groups is 3. The molecule has 39 heavy (non-hydrogen) atoms. The minimum Gasteiger partial charge on any atom is -0.507 e. The summed E-state index contributed by atoms with van der Waals surface area (Å²) in [5, 5.41) is 44.1. The van der Waals surface area contributed by atoms with E-state index in [0.717, 1.165) is 0 Å². The third-order valence-electron chi connectivity index (χ3n) is 7.80. The van der Waals surface area contributed by atoms with Crippen LogP contribution in [0.4, 0.5) is 0 Å². The number of hydrogen-bond donors (Lipinski definition) is 5. The van der Waals surface area contributed by atoms with Gasteiger partial charge in [0, 0.05) is 42.0 Å². The van der Waals surface area contributed by atoms with Crippen molar-refractivity contribution in [2.24, 2.45) is 5.73 Å². The van der Waals surface area contributed by atoms with E-state index >= 15 is 0 Å². The molecule has 2 aromatic carbocycles. The number of nitrogens with two attached hydrogens (primary N) is 1. The summed E-state index contributed by atoms with van der Waals surface area (Å²) >= 11 is 0. The van der Waals surface area contributed by atoms with E-state index in [1.54, 1.807) is 6.92 Å². The second kappa shape index (κ2) is 10.3. The van der Waals surface area contributed by atoms with Gasteiger partial charge in [-0.2, -0.15) is 0 Å². The number of halogens is 1. The van der Waals surface area contributed by atoms with Crippen LogP contribution in [0.2, 0.25) is 0 Å². The van der Waals surface area contributed by atoms with Gasteiger partial charge in [0.05, 0.1) is 42.1 Å². The number of carbonyl (C=O) groups excluding carboxylic acids is 3. The Hall–Kier alpha value is -2.87. The largest absolute Gasteiger partial charge is 0.507 e. The molecule has 0 amide bonds. The van der Waals surface area contributed by atoms with Gasteiger partial charge in [0.15, 0.2) is 17.9 Å². The van der Waals surface area contributed by atoms with Crippen LogP contribution in [0.3, 0.4) is 0 Å². The molecule has 1 aliphatic heterocycles. The van der Waals surface area contributed by atoms with Crippen LogP contribution in [0.15, 0.2) is 18.2 Å². The molecule has 6 atom stereocenters. The SMILES string of the molecule is Br.COc1cccc2c1C(=O)c1c(O)c3c(c(O)c1C2=O)C[C@@](O)(C(C)=O)C[C@@H]3O[C@H]1C[C@H](N)[C@H](O)[C@H](C)O1. The highest BCUT2D eigenvalue weighted by Crippen LogP contribution is 2.52. The molecule has 6 N–H and O–H groups in total. The van der Waals surface area contributed by atoms with Crippen LogP contribution in [0, 0.1) is 0 Å². The van der Waals surface area contributed by atoms with Crippen LogP contribution in [0.25, 0.3) is 0 Å². The second-order valence-corrected chi connectivity index (χ2v) is 10.1. The van der Waals surface area contributed by atoms with Crippen LogP contribution < -0.4 is 10.5 Å². The maximum absolute atomic E-state index is 13.6. The van der Waals surface area contributed by atoms with Crippen molar-refractivity contribution in [3.63, 3.8) is 0 Å². The summed E-state index contributed by atoms with van der Waals surface area (Å²) < 4.78 is 17.1. The van der Waals surface area contributed by atoms with Gasteiger partial charge < -0.3 is 40.4 Å². The lowest BCUT2D eigenvalue weighted by Crippen LogP contribution is -2.52. The highest BCUT2D eigenvalue weighted by molar-refractivity contribution is 8.93. The summed E-state index contributed by atoms with van der Waals surface area (Å²) in [6, 6.07) is 3.75. The Kier molecular flexibility index (Phi) is 7.67. The normalized spacial score (nSPS) is 29.5. The van der Waals surface area contributed by atoms with Crippen LogP contribution in [-0.4, -0.2) is 75.0 Å². The lowest BCUT2D eigenvalue weighted by molar-refractivity contribution is -0.247. The zero-order valence-electron chi connectivity index (χ0n) is 21.5. The smallest absolute Gasteiger partial charge is 0.202 e. The molecule has 1 heterocycles.